The van der Waals surface area contributed by atoms with E-state index in [4.69, 9.17) is 9.84 Å². The number of carboxylic acids is 1. The van der Waals surface area contributed by atoms with Gasteiger partial charge in [-0.05, 0) is 42.9 Å². The number of likely N-dealkylation sites (tertiary alicyclic amines) is 1. The van der Waals surface area contributed by atoms with E-state index in [0.717, 1.165) is 32.5 Å². The Balaban J connectivity index is 2.20. The Kier molecular flexibility index (Phi) is 5.82. The second-order valence-corrected chi connectivity index (χ2v) is 7.58. The summed E-state index contributed by atoms with van der Waals surface area (Å²) in [6, 6.07) is 7.62. The molecule has 4 nitrogen and oxygen atoms in total. The predicted octanol–water partition coefficient (Wildman–Crippen LogP) is 3.97. The van der Waals surface area contributed by atoms with E-state index < -0.39 is 5.97 Å². The van der Waals surface area contributed by atoms with Gasteiger partial charge in [0.2, 0.25) is 0 Å². The lowest BCUT2D eigenvalue weighted by atomic mass is 9.88. The van der Waals surface area contributed by atoms with E-state index in [9.17, 15) is 4.79 Å². The van der Waals surface area contributed by atoms with Crippen molar-refractivity contribution >= 4 is 5.97 Å². The van der Waals surface area contributed by atoms with Gasteiger partial charge in [0.25, 0.3) is 0 Å². The summed E-state index contributed by atoms with van der Waals surface area (Å²) >= 11 is 0. The lowest BCUT2D eigenvalue weighted by Gasteiger charge is -2.42. The van der Waals surface area contributed by atoms with Gasteiger partial charge in [0.05, 0.1) is 11.7 Å². The number of carbonyl (C=O) groups is 1. The van der Waals surface area contributed by atoms with Crippen molar-refractivity contribution in [2.24, 2.45) is 5.41 Å². The van der Waals surface area contributed by atoms with Gasteiger partial charge in [0, 0.05) is 25.7 Å². The SMILES string of the molecule is CCOC1CCN(CC(C)(C)C)[C@H](c2ccc(C(=O)O)cc2)C1. The minimum Gasteiger partial charge on any atom is -0.478 e. The molecule has 1 aromatic rings. The number of hydrogen-bond donors (Lipinski definition) is 1. The Morgan fingerprint density at radius 2 is 1.96 bits per heavy atom. The maximum absolute atomic E-state index is 11.0. The molecule has 0 bridgehead atoms. The maximum atomic E-state index is 11.0. The smallest absolute Gasteiger partial charge is 0.335 e. The van der Waals surface area contributed by atoms with Gasteiger partial charge in [-0.15, -0.1) is 0 Å². The fourth-order valence-corrected chi connectivity index (χ4v) is 3.36. The second-order valence-electron chi connectivity index (χ2n) is 7.58. The van der Waals surface area contributed by atoms with Crippen molar-refractivity contribution in [3.05, 3.63) is 35.4 Å². The third-order valence-corrected chi connectivity index (χ3v) is 4.29. The third kappa shape index (κ3) is 5.05. The Bertz CT molecular complexity index is 518. The van der Waals surface area contributed by atoms with Crippen LogP contribution < -0.4 is 0 Å². The van der Waals surface area contributed by atoms with Gasteiger partial charge < -0.3 is 9.84 Å². The van der Waals surface area contributed by atoms with E-state index in [-0.39, 0.29) is 5.41 Å². The molecule has 1 aliphatic heterocycles. The van der Waals surface area contributed by atoms with Crippen molar-refractivity contribution in [1.82, 2.24) is 4.90 Å². The first-order chi connectivity index (χ1) is 10.8. The first kappa shape index (κ1) is 18.0. The van der Waals surface area contributed by atoms with Gasteiger partial charge in [-0.1, -0.05) is 32.9 Å². The van der Waals surface area contributed by atoms with Crippen molar-refractivity contribution in [2.75, 3.05) is 19.7 Å². The van der Waals surface area contributed by atoms with Gasteiger partial charge in [-0.2, -0.15) is 0 Å². The molecule has 128 valence electrons. The van der Waals surface area contributed by atoms with Gasteiger partial charge in [-0.3, -0.25) is 4.90 Å². The number of nitrogens with zero attached hydrogens (tertiary/aromatic N) is 1. The number of piperidine rings is 1. The molecule has 4 heteroatoms. The second kappa shape index (κ2) is 7.45. The van der Waals surface area contributed by atoms with Crippen LogP contribution in [0.5, 0.6) is 0 Å². The molecule has 0 spiro atoms. The Labute approximate surface area is 139 Å². The topological polar surface area (TPSA) is 49.8 Å². The number of aromatic carboxylic acids is 1. The van der Waals surface area contributed by atoms with Gasteiger partial charge in [-0.25, -0.2) is 4.79 Å². The molecule has 0 aromatic heterocycles. The van der Waals surface area contributed by atoms with Crippen LogP contribution in [0.3, 0.4) is 0 Å². The van der Waals surface area contributed by atoms with Gasteiger partial charge in [0.1, 0.15) is 0 Å². The van der Waals surface area contributed by atoms with E-state index in [1.165, 1.54) is 5.56 Å². The molecule has 1 heterocycles. The minimum atomic E-state index is -0.876. The quantitative estimate of drug-likeness (QED) is 0.892. The highest BCUT2D eigenvalue weighted by Gasteiger charge is 2.32. The van der Waals surface area contributed by atoms with Crippen LogP contribution in [0.2, 0.25) is 0 Å². The molecule has 0 saturated carbocycles. The number of benzene rings is 1. The molecule has 0 aliphatic carbocycles. The number of rotatable bonds is 5. The standard InChI is InChI=1S/C19H29NO3/c1-5-23-16-10-11-20(13-19(2,3)4)17(12-16)14-6-8-15(9-7-14)18(21)22/h6-9,16-17H,5,10-13H2,1-4H3,(H,21,22)/t16?,17-/m0/s1. The Morgan fingerprint density at radius 3 is 2.48 bits per heavy atom. The molecule has 1 aliphatic rings. The lowest BCUT2D eigenvalue weighted by molar-refractivity contribution is -0.0198. The fraction of sp³-hybridized carbons (Fsp3) is 0.632. The molecule has 1 unspecified atom stereocenters. The molecular formula is C19H29NO3. The van der Waals surface area contributed by atoms with Crippen molar-refractivity contribution in [3.63, 3.8) is 0 Å². The molecule has 2 rings (SSSR count). The van der Waals surface area contributed by atoms with E-state index in [1.54, 1.807) is 12.1 Å². The molecule has 2 atom stereocenters. The van der Waals surface area contributed by atoms with Crippen LogP contribution in [-0.2, 0) is 4.74 Å². The van der Waals surface area contributed by atoms with Crippen molar-refractivity contribution in [2.45, 2.75) is 52.7 Å². The van der Waals surface area contributed by atoms with Gasteiger partial charge in [0.15, 0.2) is 0 Å². The van der Waals surface area contributed by atoms with Crippen molar-refractivity contribution < 1.29 is 14.6 Å². The van der Waals surface area contributed by atoms with Crippen molar-refractivity contribution in [3.8, 4) is 0 Å². The molecule has 0 amide bonds. The molecule has 1 aromatic carbocycles. The molecule has 1 N–H and O–H groups in total. The fourth-order valence-electron chi connectivity index (χ4n) is 3.36. The van der Waals surface area contributed by atoms with Crippen molar-refractivity contribution in [1.29, 1.82) is 0 Å². The zero-order valence-corrected chi connectivity index (χ0v) is 14.7. The summed E-state index contributed by atoms with van der Waals surface area (Å²) in [6.07, 6.45) is 2.32. The molecule has 1 saturated heterocycles. The van der Waals surface area contributed by atoms with Crippen LogP contribution >= 0.6 is 0 Å². The highest BCUT2D eigenvalue weighted by molar-refractivity contribution is 5.87. The zero-order chi connectivity index (χ0) is 17.0. The molecular weight excluding hydrogens is 290 g/mol. The highest BCUT2D eigenvalue weighted by atomic mass is 16.5. The Morgan fingerprint density at radius 1 is 1.30 bits per heavy atom. The van der Waals surface area contributed by atoms with Crippen LogP contribution in [0.4, 0.5) is 0 Å². The van der Waals surface area contributed by atoms with E-state index in [1.807, 2.05) is 19.1 Å². The summed E-state index contributed by atoms with van der Waals surface area (Å²) in [7, 11) is 0. The number of carboxylic acid groups (broad SMARTS) is 1. The minimum absolute atomic E-state index is 0.234. The first-order valence-electron chi connectivity index (χ1n) is 8.49. The first-order valence-corrected chi connectivity index (χ1v) is 8.49. The zero-order valence-electron chi connectivity index (χ0n) is 14.7. The summed E-state index contributed by atoms with van der Waals surface area (Å²) in [5, 5.41) is 9.07. The highest BCUT2D eigenvalue weighted by Crippen LogP contribution is 2.34. The lowest BCUT2D eigenvalue weighted by Crippen LogP contribution is -2.43. The summed E-state index contributed by atoms with van der Waals surface area (Å²) in [5.41, 5.74) is 1.76. The van der Waals surface area contributed by atoms with E-state index >= 15 is 0 Å². The average Bonchev–Trinajstić information content (AvgIpc) is 2.48. The van der Waals surface area contributed by atoms with Crippen LogP contribution in [0.25, 0.3) is 0 Å². The van der Waals surface area contributed by atoms with E-state index in [2.05, 4.69) is 25.7 Å². The van der Waals surface area contributed by atoms with Gasteiger partial charge >= 0.3 is 5.97 Å². The largest absolute Gasteiger partial charge is 0.478 e. The Hall–Kier alpha value is -1.39. The summed E-state index contributed by atoms with van der Waals surface area (Å²) < 4.78 is 5.85. The summed E-state index contributed by atoms with van der Waals surface area (Å²) in [5.74, 6) is -0.876. The maximum Gasteiger partial charge on any atom is 0.335 e. The van der Waals surface area contributed by atoms with Crippen LogP contribution in [-0.4, -0.2) is 41.8 Å². The molecule has 1 fully saturated rings. The molecule has 0 radical (unpaired) electrons. The van der Waals surface area contributed by atoms with E-state index in [0.29, 0.717) is 17.7 Å². The normalized spacial score (nSPS) is 23.0. The van der Waals surface area contributed by atoms with Crippen LogP contribution in [0.1, 0.15) is 62.5 Å². The van der Waals surface area contributed by atoms with Crippen LogP contribution in [0.15, 0.2) is 24.3 Å². The monoisotopic (exact) mass is 319 g/mol. The summed E-state index contributed by atoms with van der Waals surface area (Å²) in [6.45, 7) is 11.6. The third-order valence-electron chi connectivity index (χ3n) is 4.29. The predicted molar refractivity (Wildman–Crippen MR) is 91.8 cm³/mol. The average molecular weight is 319 g/mol. The molecule has 23 heavy (non-hydrogen) atoms. The summed E-state index contributed by atoms with van der Waals surface area (Å²) in [4.78, 5) is 13.6. The number of hydrogen-bond acceptors (Lipinski definition) is 3. The number of ether oxygens (including phenoxy) is 1. The van der Waals surface area contributed by atoms with Crippen LogP contribution in [0, 0.1) is 5.41 Å².